The first-order valence-corrected chi connectivity index (χ1v) is 10.3. The van der Waals surface area contributed by atoms with Crippen LogP contribution in [0.1, 0.15) is 42.7 Å². The molecule has 0 aromatic carbocycles. The summed E-state index contributed by atoms with van der Waals surface area (Å²) in [5, 5.41) is 0. The number of hydrogen-bond acceptors (Lipinski definition) is 6. The van der Waals surface area contributed by atoms with E-state index in [1.54, 1.807) is 21.9 Å². The number of ether oxygens (including phenoxy) is 1. The maximum atomic E-state index is 12.4. The van der Waals surface area contributed by atoms with Crippen LogP contribution < -0.4 is 0 Å². The second-order valence-electron chi connectivity index (χ2n) is 8.15. The molecular weight excluding hydrogens is 376 g/mol. The molecule has 8 heteroatoms. The van der Waals surface area contributed by atoms with E-state index in [4.69, 9.17) is 9.15 Å². The number of nitrogens with zero attached hydrogens (tertiary/aromatic N) is 2. The highest BCUT2D eigenvalue weighted by atomic mass is 16.5. The third kappa shape index (κ3) is 4.21. The Morgan fingerprint density at radius 1 is 1.03 bits per heavy atom. The zero-order valence-corrected chi connectivity index (χ0v) is 16.4. The van der Waals surface area contributed by atoms with Crippen molar-refractivity contribution < 1.29 is 28.3 Å². The number of esters is 1. The Balaban J connectivity index is 1.22. The van der Waals surface area contributed by atoms with E-state index in [1.165, 1.54) is 6.26 Å². The topological polar surface area (TPSA) is 97.1 Å². The average molecular weight is 402 g/mol. The minimum Gasteiger partial charge on any atom is -0.459 e. The molecule has 29 heavy (non-hydrogen) atoms. The first-order chi connectivity index (χ1) is 14.0. The number of rotatable bonds is 4. The summed E-state index contributed by atoms with van der Waals surface area (Å²) in [5.41, 5.74) is 0. The normalized spacial score (nSPS) is 26.9. The van der Waals surface area contributed by atoms with Crippen LogP contribution in [0.3, 0.4) is 0 Å². The smallest absolute Gasteiger partial charge is 0.309 e. The van der Waals surface area contributed by atoms with Crippen LogP contribution in [0.25, 0.3) is 0 Å². The Bertz CT molecular complexity index is 765. The number of ketones is 1. The van der Waals surface area contributed by atoms with Crippen molar-refractivity contribution in [2.24, 2.45) is 17.8 Å². The molecule has 3 fully saturated rings. The monoisotopic (exact) mass is 402 g/mol. The van der Waals surface area contributed by atoms with Gasteiger partial charge in [-0.15, -0.1) is 0 Å². The molecular formula is C21H26N2O6. The van der Waals surface area contributed by atoms with Crippen molar-refractivity contribution in [2.45, 2.75) is 32.1 Å². The van der Waals surface area contributed by atoms with Crippen molar-refractivity contribution in [1.29, 1.82) is 0 Å². The minimum atomic E-state index is -0.366. The summed E-state index contributed by atoms with van der Waals surface area (Å²) in [4.78, 5) is 52.5. The molecule has 2 saturated carbocycles. The Labute approximate surface area is 169 Å². The van der Waals surface area contributed by atoms with E-state index in [1.807, 2.05) is 0 Å². The van der Waals surface area contributed by atoms with Gasteiger partial charge in [0, 0.05) is 38.0 Å². The maximum Gasteiger partial charge on any atom is 0.309 e. The van der Waals surface area contributed by atoms with Crippen molar-refractivity contribution in [3.63, 3.8) is 0 Å². The van der Waals surface area contributed by atoms with Crippen LogP contribution in [0.2, 0.25) is 0 Å². The van der Waals surface area contributed by atoms with E-state index in [2.05, 4.69) is 0 Å². The van der Waals surface area contributed by atoms with Gasteiger partial charge in [-0.05, 0) is 37.8 Å². The number of fused-ring (bicyclic) bond motifs is 2. The standard InChI is InChI=1S/C21H26N2O6/c24-18(22-6-8-23(9-7-22)20(26)17-5-2-10-28-17)13-29-21(27)16-11-14-3-1-4-15(12-16)19(14)25/h2,5,10,14-16H,1,3-4,6-9,11-13H2. The molecule has 8 nitrogen and oxygen atoms in total. The van der Waals surface area contributed by atoms with Crippen LogP contribution >= 0.6 is 0 Å². The van der Waals surface area contributed by atoms with Gasteiger partial charge in [0.05, 0.1) is 12.2 Å². The van der Waals surface area contributed by atoms with Crippen LogP contribution in [-0.4, -0.2) is 66.2 Å². The molecule has 0 radical (unpaired) electrons. The number of Topliss-reactive ketones (excluding diaryl/α,β-unsaturated/α-hetero) is 1. The van der Waals surface area contributed by atoms with Gasteiger partial charge in [-0.1, -0.05) is 6.42 Å². The average Bonchev–Trinajstić information content (AvgIpc) is 3.26. The summed E-state index contributed by atoms with van der Waals surface area (Å²) in [6.45, 7) is 1.32. The van der Waals surface area contributed by atoms with Crippen molar-refractivity contribution in [3.05, 3.63) is 24.2 Å². The highest BCUT2D eigenvalue weighted by molar-refractivity contribution is 5.91. The SMILES string of the molecule is O=C(OCC(=O)N1CCN(C(=O)c2ccco2)CC1)C1CC2CCCC(C1)C2=O. The highest BCUT2D eigenvalue weighted by Gasteiger charge is 2.42. The van der Waals surface area contributed by atoms with Crippen molar-refractivity contribution in [3.8, 4) is 0 Å². The fourth-order valence-electron chi connectivity index (χ4n) is 4.73. The highest BCUT2D eigenvalue weighted by Crippen LogP contribution is 2.40. The minimum absolute atomic E-state index is 0.0180. The van der Waals surface area contributed by atoms with Crippen LogP contribution in [0.4, 0.5) is 0 Å². The third-order valence-corrected chi connectivity index (χ3v) is 6.37. The van der Waals surface area contributed by atoms with Crippen molar-refractivity contribution in [1.82, 2.24) is 9.80 Å². The van der Waals surface area contributed by atoms with E-state index in [0.29, 0.717) is 44.8 Å². The van der Waals surface area contributed by atoms with Gasteiger partial charge < -0.3 is 19.0 Å². The van der Waals surface area contributed by atoms with Gasteiger partial charge in [0.2, 0.25) is 0 Å². The Morgan fingerprint density at radius 3 is 2.31 bits per heavy atom. The zero-order valence-electron chi connectivity index (χ0n) is 16.4. The third-order valence-electron chi connectivity index (χ3n) is 6.37. The summed E-state index contributed by atoms with van der Waals surface area (Å²) in [7, 11) is 0. The number of hydrogen-bond donors (Lipinski definition) is 0. The molecule has 0 spiro atoms. The van der Waals surface area contributed by atoms with Gasteiger partial charge >= 0.3 is 5.97 Å². The lowest BCUT2D eigenvalue weighted by Gasteiger charge is -2.36. The molecule has 1 saturated heterocycles. The van der Waals surface area contributed by atoms with Crippen LogP contribution in [-0.2, 0) is 19.1 Å². The quantitative estimate of drug-likeness (QED) is 0.708. The molecule has 1 aromatic rings. The van der Waals surface area contributed by atoms with E-state index in [9.17, 15) is 19.2 Å². The second kappa shape index (κ2) is 8.39. The van der Waals surface area contributed by atoms with E-state index in [-0.39, 0.29) is 47.9 Å². The molecule has 2 amide bonds. The van der Waals surface area contributed by atoms with Gasteiger partial charge in [0.15, 0.2) is 12.4 Å². The van der Waals surface area contributed by atoms with Gasteiger partial charge in [-0.2, -0.15) is 0 Å². The van der Waals surface area contributed by atoms with Gasteiger partial charge in [-0.3, -0.25) is 19.2 Å². The summed E-state index contributed by atoms with van der Waals surface area (Å²) in [6, 6.07) is 3.28. The summed E-state index contributed by atoms with van der Waals surface area (Å²) >= 11 is 0. The summed E-state index contributed by atoms with van der Waals surface area (Å²) in [6.07, 6.45) is 5.33. The van der Waals surface area contributed by atoms with E-state index in [0.717, 1.165) is 19.3 Å². The van der Waals surface area contributed by atoms with Gasteiger partial charge in [0.1, 0.15) is 5.78 Å². The molecule has 2 bridgehead atoms. The zero-order chi connectivity index (χ0) is 20.4. The fourth-order valence-corrected chi connectivity index (χ4v) is 4.73. The van der Waals surface area contributed by atoms with Crippen LogP contribution in [0.5, 0.6) is 0 Å². The van der Waals surface area contributed by atoms with E-state index >= 15 is 0 Å². The van der Waals surface area contributed by atoms with Gasteiger partial charge in [0.25, 0.3) is 11.8 Å². The Kier molecular flexibility index (Phi) is 5.69. The molecule has 2 atom stereocenters. The second-order valence-corrected chi connectivity index (χ2v) is 8.15. The molecule has 1 aromatic heterocycles. The molecule has 1 aliphatic heterocycles. The molecule has 2 heterocycles. The number of amides is 2. The molecule has 2 unspecified atom stereocenters. The number of furan rings is 1. The van der Waals surface area contributed by atoms with Crippen LogP contribution in [0.15, 0.2) is 22.8 Å². The predicted molar refractivity (Wildman–Crippen MR) is 101 cm³/mol. The first-order valence-electron chi connectivity index (χ1n) is 10.3. The number of carbonyl (C=O) groups is 4. The molecule has 0 N–H and O–H groups in total. The van der Waals surface area contributed by atoms with Crippen LogP contribution in [0, 0.1) is 17.8 Å². The number of carbonyl (C=O) groups excluding carboxylic acids is 4. The molecule has 2 aliphatic carbocycles. The van der Waals surface area contributed by atoms with E-state index < -0.39 is 0 Å². The fraction of sp³-hybridized carbons (Fsp3) is 0.619. The van der Waals surface area contributed by atoms with Crippen molar-refractivity contribution >= 4 is 23.6 Å². The summed E-state index contributed by atoms with van der Waals surface area (Å²) in [5.74, 6) is -0.534. The van der Waals surface area contributed by atoms with Gasteiger partial charge in [-0.25, -0.2) is 0 Å². The Hall–Kier alpha value is -2.64. The largest absolute Gasteiger partial charge is 0.459 e. The maximum absolute atomic E-state index is 12.4. The lowest BCUT2D eigenvalue weighted by Crippen LogP contribution is -2.51. The lowest BCUT2D eigenvalue weighted by molar-refractivity contribution is -0.159. The number of piperazine rings is 1. The Morgan fingerprint density at radius 2 is 1.69 bits per heavy atom. The molecule has 3 aliphatic rings. The molecule has 156 valence electrons. The summed E-state index contributed by atoms with van der Waals surface area (Å²) < 4.78 is 10.4. The van der Waals surface area contributed by atoms with Crippen molar-refractivity contribution in [2.75, 3.05) is 32.8 Å². The first kappa shape index (κ1) is 19.7. The molecule has 4 rings (SSSR count). The predicted octanol–water partition coefficient (Wildman–Crippen LogP) is 1.50. The lowest BCUT2D eigenvalue weighted by atomic mass is 9.67.